The van der Waals surface area contributed by atoms with Gasteiger partial charge in [-0.3, -0.25) is 4.98 Å². The number of benzene rings is 1. The minimum absolute atomic E-state index is 0.324. The standard InChI is InChI=1S/C16H20N2O/c1-14(15-7-5-10-17-13-15)18-11-6-12-19-16-8-3-2-4-9-16/h2-5,7-10,13-14,18H,6,11-12H2,1H3/t14-/m1/s1. The van der Waals surface area contributed by atoms with Gasteiger partial charge in [0, 0.05) is 18.4 Å². The van der Waals surface area contributed by atoms with Crippen LogP contribution in [0, 0.1) is 0 Å². The average Bonchev–Trinajstić information content (AvgIpc) is 2.49. The van der Waals surface area contributed by atoms with Crippen molar-refractivity contribution in [2.45, 2.75) is 19.4 Å². The molecular weight excluding hydrogens is 236 g/mol. The highest BCUT2D eigenvalue weighted by Gasteiger charge is 2.03. The molecule has 0 aliphatic carbocycles. The van der Waals surface area contributed by atoms with Crippen LogP contribution in [-0.4, -0.2) is 18.1 Å². The summed E-state index contributed by atoms with van der Waals surface area (Å²) in [4.78, 5) is 4.13. The maximum absolute atomic E-state index is 5.64. The summed E-state index contributed by atoms with van der Waals surface area (Å²) in [6.45, 7) is 3.81. The summed E-state index contributed by atoms with van der Waals surface area (Å²) in [5.74, 6) is 0.933. The Morgan fingerprint density at radius 3 is 2.74 bits per heavy atom. The van der Waals surface area contributed by atoms with E-state index in [0.717, 1.165) is 25.3 Å². The van der Waals surface area contributed by atoms with Crippen LogP contribution in [0.3, 0.4) is 0 Å². The number of para-hydroxylation sites is 1. The molecule has 19 heavy (non-hydrogen) atoms. The molecule has 0 saturated heterocycles. The molecule has 0 saturated carbocycles. The number of rotatable bonds is 7. The summed E-state index contributed by atoms with van der Waals surface area (Å²) in [6, 6.07) is 14.3. The Morgan fingerprint density at radius 2 is 2.00 bits per heavy atom. The zero-order chi connectivity index (χ0) is 13.3. The van der Waals surface area contributed by atoms with Crippen molar-refractivity contribution < 1.29 is 4.74 Å². The first-order valence-electron chi connectivity index (χ1n) is 6.67. The molecule has 0 aliphatic rings. The molecule has 3 heteroatoms. The van der Waals surface area contributed by atoms with Gasteiger partial charge in [0.15, 0.2) is 0 Å². The van der Waals surface area contributed by atoms with Crippen molar-refractivity contribution in [2.75, 3.05) is 13.2 Å². The van der Waals surface area contributed by atoms with Crippen molar-refractivity contribution in [3.8, 4) is 5.75 Å². The third kappa shape index (κ3) is 4.72. The fourth-order valence-electron chi connectivity index (χ4n) is 1.85. The SMILES string of the molecule is C[C@@H](NCCCOc1ccccc1)c1cccnc1. The van der Waals surface area contributed by atoms with Crippen molar-refractivity contribution in [1.82, 2.24) is 10.3 Å². The van der Waals surface area contributed by atoms with Crippen molar-refractivity contribution in [2.24, 2.45) is 0 Å². The summed E-state index contributed by atoms with van der Waals surface area (Å²) in [7, 11) is 0. The van der Waals surface area contributed by atoms with E-state index in [1.165, 1.54) is 5.56 Å². The minimum Gasteiger partial charge on any atom is -0.494 e. The first kappa shape index (κ1) is 13.6. The Hall–Kier alpha value is -1.87. The van der Waals surface area contributed by atoms with E-state index in [4.69, 9.17) is 4.74 Å². The normalized spacial score (nSPS) is 12.1. The van der Waals surface area contributed by atoms with Gasteiger partial charge in [-0.1, -0.05) is 24.3 Å². The predicted octanol–water partition coefficient (Wildman–Crippen LogP) is 3.20. The molecule has 0 spiro atoms. The van der Waals surface area contributed by atoms with Crippen LogP contribution in [0.15, 0.2) is 54.9 Å². The van der Waals surface area contributed by atoms with Crippen LogP contribution >= 0.6 is 0 Å². The van der Waals surface area contributed by atoms with Gasteiger partial charge in [-0.25, -0.2) is 0 Å². The zero-order valence-electron chi connectivity index (χ0n) is 11.3. The molecule has 100 valence electrons. The molecule has 1 atom stereocenters. The van der Waals surface area contributed by atoms with Crippen LogP contribution in [0.4, 0.5) is 0 Å². The number of nitrogens with one attached hydrogen (secondary N) is 1. The lowest BCUT2D eigenvalue weighted by molar-refractivity contribution is 0.305. The van der Waals surface area contributed by atoms with E-state index in [1.54, 1.807) is 6.20 Å². The lowest BCUT2D eigenvalue weighted by Crippen LogP contribution is -2.21. The fourth-order valence-corrected chi connectivity index (χ4v) is 1.85. The Balaban J connectivity index is 1.62. The molecule has 1 heterocycles. The van der Waals surface area contributed by atoms with E-state index in [2.05, 4.69) is 23.3 Å². The number of hydrogen-bond acceptors (Lipinski definition) is 3. The van der Waals surface area contributed by atoms with E-state index < -0.39 is 0 Å². The number of aromatic nitrogens is 1. The number of pyridine rings is 1. The van der Waals surface area contributed by atoms with Gasteiger partial charge in [0.1, 0.15) is 5.75 Å². The van der Waals surface area contributed by atoms with Gasteiger partial charge in [-0.05, 0) is 43.7 Å². The molecule has 0 unspecified atom stereocenters. The van der Waals surface area contributed by atoms with Gasteiger partial charge in [0.25, 0.3) is 0 Å². The first-order chi connectivity index (χ1) is 9.36. The predicted molar refractivity (Wildman–Crippen MR) is 77.2 cm³/mol. The molecule has 3 nitrogen and oxygen atoms in total. The van der Waals surface area contributed by atoms with Crippen LogP contribution in [0.25, 0.3) is 0 Å². The van der Waals surface area contributed by atoms with Crippen LogP contribution in [0.5, 0.6) is 5.75 Å². The molecule has 0 aliphatic heterocycles. The molecule has 1 N–H and O–H groups in total. The maximum Gasteiger partial charge on any atom is 0.119 e. The second kappa shape index (κ2) is 7.54. The summed E-state index contributed by atoms with van der Waals surface area (Å²) in [6.07, 6.45) is 4.68. The van der Waals surface area contributed by atoms with Gasteiger partial charge in [0.05, 0.1) is 6.61 Å². The Kier molecular flexibility index (Phi) is 5.38. The van der Waals surface area contributed by atoms with Crippen molar-refractivity contribution in [3.05, 3.63) is 60.4 Å². The molecule has 0 fully saturated rings. The molecule has 2 rings (SSSR count). The second-order valence-electron chi connectivity index (χ2n) is 4.48. The Labute approximate surface area is 114 Å². The smallest absolute Gasteiger partial charge is 0.119 e. The fraction of sp³-hybridized carbons (Fsp3) is 0.312. The van der Waals surface area contributed by atoms with Gasteiger partial charge < -0.3 is 10.1 Å². The average molecular weight is 256 g/mol. The van der Waals surface area contributed by atoms with Crippen LogP contribution in [0.2, 0.25) is 0 Å². The summed E-state index contributed by atoms with van der Waals surface area (Å²) in [5, 5.41) is 3.47. The van der Waals surface area contributed by atoms with Gasteiger partial charge in [-0.15, -0.1) is 0 Å². The molecule has 1 aromatic carbocycles. The quantitative estimate of drug-likeness (QED) is 0.772. The Morgan fingerprint density at radius 1 is 1.16 bits per heavy atom. The van der Waals surface area contributed by atoms with Gasteiger partial charge in [-0.2, -0.15) is 0 Å². The molecular formula is C16H20N2O. The first-order valence-corrected chi connectivity index (χ1v) is 6.67. The van der Waals surface area contributed by atoms with Crippen LogP contribution in [-0.2, 0) is 0 Å². The third-order valence-corrected chi connectivity index (χ3v) is 2.97. The van der Waals surface area contributed by atoms with Crippen molar-refractivity contribution >= 4 is 0 Å². The topological polar surface area (TPSA) is 34.1 Å². The largest absolute Gasteiger partial charge is 0.494 e. The molecule has 0 radical (unpaired) electrons. The second-order valence-corrected chi connectivity index (χ2v) is 4.48. The Bertz CT molecular complexity index is 459. The van der Waals surface area contributed by atoms with Crippen LogP contribution < -0.4 is 10.1 Å². The van der Waals surface area contributed by atoms with E-state index in [1.807, 2.05) is 42.6 Å². The van der Waals surface area contributed by atoms with Crippen molar-refractivity contribution in [1.29, 1.82) is 0 Å². The lowest BCUT2D eigenvalue weighted by Gasteiger charge is -2.13. The molecule has 0 amide bonds. The highest BCUT2D eigenvalue weighted by molar-refractivity contribution is 5.20. The lowest BCUT2D eigenvalue weighted by atomic mass is 10.1. The van der Waals surface area contributed by atoms with Crippen LogP contribution in [0.1, 0.15) is 24.9 Å². The van der Waals surface area contributed by atoms with E-state index in [9.17, 15) is 0 Å². The number of nitrogens with zero attached hydrogens (tertiary/aromatic N) is 1. The van der Waals surface area contributed by atoms with Gasteiger partial charge >= 0.3 is 0 Å². The summed E-state index contributed by atoms with van der Waals surface area (Å²) < 4.78 is 5.64. The van der Waals surface area contributed by atoms with E-state index >= 15 is 0 Å². The van der Waals surface area contributed by atoms with E-state index in [0.29, 0.717) is 6.04 Å². The third-order valence-electron chi connectivity index (χ3n) is 2.97. The molecule has 0 bridgehead atoms. The summed E-state index contributed by atoms with van der Waals surface area (Å²) in [5.41, 5.74) is 1.21. The number of ether oxygens (including phenoxy) is 1. The molecule has 1 aromatic heterocycles. The monoisotopic (exact) mass is 256 g/mol. The maximum atomic E-state index is 5.64. The number of hydrogen-bond donors (Lipinski definition) is 1. The van der Waals surface area contributed by atoms with Crippen molar-refractivity contribution in [3.63, 3.8) is 0 Å². The highest BCUT2D eigenvalue weighted by atomic mass is 16.5. The molecule has 2 aromatic rings. The highest BCUT2D eigenvalue weighted by Crippen LogP contribution is 2.10. The van der Waals surface area contributed by atoms with E-state index in [-0.39, 0.29) is 0 Å². The summed E-state index contributed by atoms with van der Waals surface area (Å²) >= 11 is 0. The van der Waals surface area contributed by atoms with Gasteiger partial charge in [0.2, 0.25) is 0 Å². The zero-order valence-corrected chi connectivity index (χ0v) is 11.3. The minimum atomic E-state index is 0.324.